The van der Waals surface area contributed by atoms with Crippen LogP contribution in [0.5, 0.6) is 5.75 Å². The van der Waals surface area contributed by atoms with Crippen LogP contribution in [0.15, 0.2) is 53.4 Å². The van der Waals surface area contributed by atoms with Gasteiger partial charge in [0.1, 0.15) is 5.75 Å². The molecular weight excluding hydrogens is 434 g/mol. The van der Waals surface area contributed by atoms with E-state index in [2.05, 4.69) is 15.0 Å². The summed E-state index contributed by atoms with van der Waals surface area (Å²) in [6.07, 6.45) is 0.686. The number of hydrogen-bond acceptors (Lipinski definition) is 6. The maximum Gasteiger partial charge on any atom is 0.257 e. The van der Waals surface area contributed by atoms with Crippen molar-refractivity contribution in [1.29, 1.82) is 0 Å². The molecule has 2 aromatic carbocycles. The van der Waals surface area contributed by atoms with Crippen LogP contribution in [0.1, 0.15) is 35.5 Å². The van der Waals surface area contributed by atoms with Gasteiger partial charge in [-0.3, -0.25) is 10.1 Å². The molecule has 1 unspecified atom stereocenters. The summed E-state index contributed by atoms with van der Waals surface area (Å²) >= 11 is 1.38. The van der Waals surface area contributed by atoms with E-state index in [-0.39, 0.29) is 16.8 Å². The SMILES string of the molecule is CCC(C)NS(=O)(=O)c1ccc(C(=O)Nc2nc(-c3ccc(OC)cc3)c(C)s2)cc1. The van der Waals surface area contributed by atoms with E-state index in [1.165, 1.54) is 35.6 Å². The second kappa shape index (κ2) is 9.59. The predicted octanol–water partition coefficient (Wildman–Crippen LogP) is 4.46. The van der Waals surface area contributed by atoms with Crippen LogP contribution in [-0.4, -0.2) is 32.5 Å². The van der Waals surface area contributed by atoms with E-state index in [9.17, 15) is 13.2 Å². The Morgan fingerprint density at radius 2 is 1.77 bits per heavy atom. The summed E-state index contributed by atoms with van der Waals surface area (Å²) in [4.78, 5) is 18.2. The number of sulfonamides is 1. The van der Waals surface area contributed by atoms with Crippen molar-refractivity contribution in [3.8, 4) is 17.0 Å². The molecule has 0 aliphatic carbocycles. The lowest BCUT2D eigenvalue weighted by Crippen LogP contribution is -2.32. The number of ether oxygens (including phenoxy) is 1. The largest absolute Gasteiger partial charge is 0.497 e. The Kier molecular flexibility index (Phi) is 7.09. The van der Waals surface area contributed by atoms with E-state index in [1.807, 2.05) is 38.1 Å². The van der Waals surface area contributed by atoms with E-state index >= 15 is 0 Å². The Hall–Kier alpha value is -2.75. The van der Waals surface area contributed by atoms with Gasteiger partial charge in [-0.2, -0.15) is 0 Å². The van der Waals surface area contributed by atoms with Gasteiger partial charge >= 0.3 is 0 Å². The first-order chi connectivity index (χ1) is 14.7. The van der Waals surface area contributed by atoms with Crippen LogP contribution in [-0.2, 0) is 10.0 Å². The molecule has 0 aliphatic heterocycles. The molecule has 7 nitrogen and oxygen atoms in total. The number of amides is 1. The second-order valence-corrected chi connectivity index (χ2v) is 9.98. The molecule has 0 bridgehead atoms. The number of methoxy groups -OCH3 is 1. The highest BCUT2D eigenvalue weighted by Gasteiger charge is 2.18. The number of carbonyl (C=O) groups is 1. The number of nitrogens with one attached hydrogen (secondary N) is 2. The summed E-state index contributed by atoms with van der Waals surface area (Å²) in [5.41, 5.74) is 2.07. The molecule has 3 aromatic rings. The fourth-order valence-corrected chi connectivity index (χ4v) is 5.00. The smallest absolute Gasteiger partial charge is 0.257 e. The standard InChI is InChI=1S/C22H25N3O4S2/c1-5-14(2)25-31(27,28)19-12-8-17(9-13-19)21(26)24-22-23-20(15(3)30-22)16-6-10-18(29-4)11-7-16/h6-14,25H,5H2,1-4H3,(H,23,24,26). The van der Waals surface area contributed by atoms with Crippen molar-refractivity contribution in [3.63, 3.8) is 0 Å². The second-order valence-electron chi connectivity index (χ2n) is 7.06. The van der Waals surface area contributed by atoms with Crippen molar-refractivity contribution in [2.75, 3.05) is 12.4 Å². The molecule has 0 radical (unpaired) electrons. The molecule has 0 spiro atoms. The van der Waals surface area contributed by atoms with Crippen molar-refractivity contribution in [3.05, 3.63) is 59.0 Å². The number of nitrogens with zero attached hydrogens (tertiary/aromatic N) is 1. The fourth-order valence-electron chi connectivity index (χ4n) is 2.84. The van der Waals surface area contributed by atoms with Gasteiger partial charge in [-0.15, -0.1) is 11.3 Å². The monoisotopic (exact) mass is 459 g/mol. The minimum atomic E-state index is -3.61. The molecule has 0 saturated carbocycles. The number of aromatic nitrogens is 1. The number of aryl methyl sites for hydroxylation is 1. The molecule has 0 fully saturated rings. The van der Waals surface area contributed by atoms with Crippen LogP contribution in [0.25, 0.3) is 11.3 Å². The Bertz CT molecular complexity index is 1150. The zero-order valence-corrected chi connectivity index (χ0v) is 19.4. The minimum absolute atomic E-state index is 0.122. The van der Waals surface area contributed by atoms with Crippen LogP contribution >= 0.6 is 11.3 Å². The van der Waals surface area contributed by atoms with E-state index < -0.39 is 10.0 Å². The zero-order valence-electron chi connectivity index (χ0n) is 17.8. The van der Waals surface area contributed by atoms with Crippen LogP contribution in [0.2, 0.25) is 0 Å². The number of anilines is 1. The third-order valence-corrected chi connectivity index (χ3v) is 7.27. The van der Waals surface area contributed by atoms with Crippen LogP contribution in [0.4, 0.5) is 5.13 Å². The highest BCUT2D eigenvalue weighted by atomic mass is 32.2. The average molecular weight is 460 g/mol. The fraction of sp³-hybridized carbons (Fsp3) is 0.273. The number of hydrogen-bond donors (Lipinski definition) is 2. The molecule has 1 atom stereocenters. The van der Waals surface area contributed by atoms with Crippen molar-refractivity contribution in [2.45, 2.75) is 38.1 Å². The third-order valence-electron chi connectivity index (χ3n) is 4.78. The summed E-state index contributed by atoms with van der Waals surface area (Å²) in [6, 6.07) is 13.2. The first-order valence-electron chi connectivity index (χ1n) is 9.79. The van der Waals surface area contributed by atoms with Gasteiger partial charge in [0.05, 0.1) is 17.7 Å². The quantitative estimate of drug-likeness (QED) is 0.518. The van der Waals surface area contributed by atoms with E-state index in [0.717, 1.165) is 21.9 Å². The van der Waals surface area contributed by atoms with Crippen molar-refractivity contribution < 1.29 is 17.9 Å². The van der Waals surface area contributed by atoms with E-state index in [4.69, 9.17) is 4.74 Å². The molecule has 0 aliphatic rings. The summed E-state index contributed by atoms with van der Waals surface area (Å²) in [5.74, 6) is 0.406. The number of benzene rings is 2. The highest BCUT2D eigenvalue weighted by molar-refractivity contribution is 7.89. The van der Waals surface area contributed by atoms with Gasteiger partial charge in [-0.1, -0.05) is 6.92 Å². The van der Waals surface area contributed by atoms with Gasteiger partial charge in [-0.05, 0) is 68.8 Å². The van der Waals surface area contributed by atoms with Crippen molar-refractivity contribution in [2.24, 2.45) is 0 Å². The summed E-state index contributed by atoms with van der Waals surface area (Å²) in [7, 11) is -2.00. The Morgan fingerprint density at radius 1 is 1.13 bits per heavy atom. The third kappa shape index (κ3) is 5.49. The molecule has 1 amide bonds. The van der Waals surface area contributed by atoms with E-state index in [0.29, 0.717) is 17.1 Å². The molecule has 31 heavy (non-hydrogen) atoms. The number of rotatable bonds is 8. The van der Waals surface area contributed by atoms with Gasteiger partial charge in [0.15, 0.2) is 5.13 Å². The molecule has 3 rings (SSSR count). The molecular formula is C22H25N3O4S2. The average Bonchev–Trinajstić information content (AvgIpc) is 3.13. The molecule has 1 aromatic heterocycles. The van der Waals surface area contributed by atoms with Gasteiger partial charge in [0, 0.05) is 22.0 Å². The lowest BCUT2D eigenvalue weighted by atomic mass is 10.1. The molecule has 9 heteroatoms. The van der Waals surface area contributed by atoms with Gasteiger partial charge in [0.2, 0.25) is 10.0 Å². The molecule has 1 heterocycles. The normalized spacial score (nSPS) is 12.4. The minimum Gasteiger partial charge on any atom is -0.497 e. The summed E-state index contributed by atoms with van der Waals surface area (Å²) in [6.45, 7) is 5.65. The Morgan fingerprint density at radius 3 is 2.35 bits per heavy atom. The topological polar surface area (TPSA) is 97.4 Å². The van der Waals surface area contributed by atoms with Gasteiger partial charge in [0.25, 0.3) is 5.91 Å². The summed E-state index contributed by atoms with van der Waals surface area (Å²) < 4.78 is 32.5. The first-order valence-corrected chi connectivity index (χ1v) is 12.1. The van der Waals surface area contributed by atoms with Crippen LogP contribution in [0.3, 0.4) is 0 Å². The van der Waals surface area contributed by atoms with Crippen molar-refractivity contribution in [1.82, 2.24) is 9.71 Å². The van der Waals surface area contributed by atoms with Gasteiger partial charge < -0.3 is 4.74 Å². The highest BCUT2D eigenvalue weighted by Crippen LogP contribution is 2.31. The maximum absolute atomic E-state index is 12.6. The van der Waals surface area contributed by atoms with E-state index in [1.54, 1.807) is 14.0 Å². The summed E-state index contributed by atoms with van der Waals surface area (Å²) in [5, 5.41) is 3.27. The predicted molar refractivity (Wildman–Crippen MR) is 123 cm³/mol. The van der Waals surface area contributed by atoms with Crippen LogP contribution < -0.4 is 14.8 Å². The van der Waals surface area contributed by atoms with Crippen molar-refractivity contribution >= 4 is 32.4 Å². The maximum atomic E-state index is 12.6. The zero-order chi connectivity index (χ0) is 22.6. The first kappa shape index (κ1) is 22.9. The molecule has 164 valence electrons. The van der Waals surface area contributed by atoms with Gasteiger partial charge in [-0.25, -0.2) is 18.1 Å². The lowest BCUT2D eigenvalue weighted by Gasteiger charge is -2.12. The Balaban J connectivity index is 1.73. The molecule has 2 N–H and O–H groups in total. The number of carbonyl (C=O) groups excluding carboxylic acids is 1. The lowest BCUT2D eigenvalue weighted by molar-refractivity contribution is 0.102. The van der Waals surface area contributed by atoms with Crippen LogP contribution in [0, 0.1) is 6.92 Å². The molecule has 0 saturated heterocycles. The number of thiazole rings is 1. The Labute approximate surface area is 186 Å².